The number of carboxylic acid groups (broad SMARTS) is 1. The quantitative estimate of drug-likeness (QED) is 0.935. The largest absolute Gasteiger partial charge is 0.481 e. The second-order valence-electron chi connectivity index (χ2n) is 5.57. The summed E-state index contributed by atoms with van der Waals surface area (Å²) < 4.78 is 5.52. The fourth-order valence-corrected chi connectivity index (χ4v) is 2.62. The lowest BCUT2D eigenvalue weighted by atomic mass is 10.1. The zero-order valence-corrected chi connectivity index (χ0v) is 12.0. The smallest absolute Gasteiger partial charge is 0.307 e. The highest BCUT2D eigenvalue weighted by Crippen LogP contribution is 2.22. The predicted octanol–water partition coefficient (Wildman–Crippen LogP) is 2.56. The van der Waals surface area contributed by atoms with E-state index in [1.807, 2.05) is 31.2 Å². The average molecular weight is 286 g/mol. The lowest BCUT2D eigenvalue weighted by molar-refractivity contribution is -0.141. The number of likely N-dealkylation sites (tertiary alicyclic amines) is 1. The number of rotatable bonds is 4. The van der Waals surface area contributed by atoms with Gasteiger partial charge < -0.3 is 9.52 Å². The van der Waals surface area contributed by atoms with Gasteiger partial charge in [0.15, 0.2) is 0 Å². The molecule has 110 valence electrons. The van der Waals surface area contributed by atoms with Gasteiger partial charge in [-0.15, -0.1) is 0 Å². The van der Waals surface area contributed by atoms with Crippen molar-refractivity contribution in [2.45, 2.75) is 19.9 Å². The second-order valence-corrected chi connectivity index (χ2v) is 5.57. The van der Waals surface area contributed by atoms with E-state index in [0.29, 0.717) is 25.4 Å². The van der Waals surface area contributed by atoms with Gasteiger partial charge in [0, 0.05) is 18.7 Å². The maximum atomic E-state index is 11.0. The molecule has 0 amide bonds. The van der Waals surface area contributed by atoms with E-state index < -0.39 is 5.97 Å². The molecule has 1 aliphatic rings. The molecule has 0 unspecified atom stereocenters. The molecule has 2 aromatic rings. The standard InChI is InChI=1S/C16H18N2O3/c1-11-2-4-12(5-3-11)15-17-14(10-21-15)9-18-7-6-13(8-18)16(19)20/h2-5,10,13H,6-9H2,1H3,(H,19,20)/t13-/m1/s1. The molecule has 1 aliphatic heterocycles. The van der Waals surface area contributed by atoms with Crippen LogP contribution in [0.3, 0.4) is 0 Å². The van der Waals surface area contributed by atoms with Crippen LogP contribution >= 0.6 is 0 Å². The molecule has 0 saturated carbocycles. The third-order valence-corrected chi connectivity index (χ3v) is 3.86. The summed E-state index contributed by atoms with van der Waals surface area (Å²) in [5.74, 6) is -0.356. The Bertz CT molecular complexity index is 633. The highest BCUT2D eigenvalue weighted by molar-refractivity contribution is 5.70. The molecule has 0 bridgehead atoms. The minimum absolute atomic E-state index is 0.256. The molecule has 1 aromatic heterocycles. The highest BCUT2D eigenvalue weighted by Gasteiger charge is 2.28. The number of hydrogen-bond donors (Lipinski definition) is 1. The number of aliphatic carboxylic acids is 1. The number of aromatic nitrogens is 1. The number of aryl methyl sites for hydroxylation is 1. The topological polar surface area (TPSA) is 66.6 Å². The summed E-state index contributed by atoms with van der Waals surface area (Å²) in [4.78, 5) is 17.5. The maximum absolute atomic E-state index is 11.0. The van der Waals surface area contributed by atoms with Crippen LogP contribution in [0.25, 0.3) is 11.5 Å². The van der Waals surface area contributed by atoms with E-state index in [4.69, 9.17) is 9.52 Å². The Morgan fingerprint density at radius 3 is 2.86 bits per heavy atom. The second kappa shape index (κ2) is 5.69. The summed E-state index contributed by atoms with van der Waals surface area (Å²) in [5, 5.41) is 9.01. The zero-order valence-electron chi connectivity index (χ0n) is 12.0. The van der Waals surface area contributed by atoms with Gasteiger partial charge in [0.25, 0.3) is 0 Å². The van der Waals surface area contributed by atoms with Crippen LogP contribution in [-0.2, 0) is 11.3 Å². The lowest BCUT2D eigenvalue weighted by Gasteiger charge is -2.12. The van der Waals surface area contributed by atoms with E-state index in [1.54, 1.807) is 6.26 Å². The molecule has 5 nitrogen and oxygen atoms in total. The van der Waals surface area contributed by atoms with Gasteiger partial charge in [0.2, 0.25) is 5.89 Å². The van der Waals surface area contributed by atoms with Gasteiger partial charge in [-0.3, -0.25) is 9.69 Å². The monoisotopic (exact) mass is 286 g/mol. The molecule has 1 fully saturated rings. The van der Waals surface area contributed by atoms with Crippen molar-refractivity contribution in [2.75, 3.05) is 13.1 Å². The van der Waals surface area contributed by atoms with Crippen LogP contribution in [0, 0.1) is 12.8 Å². The van der Waals surface area contributed by atoms with Gasteiger partial charge >= 0.3 is 5.97 Å². The van der Waals surface area contributed by atoms with Crippen molar-refractivity contribution >= 4 is 5.97 Å². The number of benzene rings is 1. The number of carboxylic acids is 1. The Kier molecular flexibility index (Phi) is 3.75. The normalized spacial score (nSPS) is 19.0. The summed E-state index contributed by atoms with van der Waals surface area (Å²) >= 11 is 0. The average Bonchev–Trinajstić information content (AvgIpc) is 3.10. The van der Waals surface area contributed by atoms with Crippen molar-refractivity contribution in [3.63, 3.8) is 0 Å². The molecular formula is C16H18N2O3. The molecule has 1 aromatic carbocycles. The number of nitrogens with zero attached hydrogens (tertiary/aromatic N) is 2. The summed E-state index contributed by atoms with van der Waals surface area (Å²) in [6, 6.07) is 8.02. The lowest BCUT2D eigenvalue weighted by Crippen LogP contribution is -2.22. The molecule has 2 heterocycles. The highest BCUT2D eigenvalue weighted by atomic mass is 16.4. The number of hydrogen-bond acceptors (Lipinski definition) is 4. The maximum Gasteiger partial charge on any atom is 0.307 e. The van der Waals surface area contributed by atoms with Crippen LogP contribution in [0.4, 0.5) is 0 Å². The van der Waals surface area contributed by atoms with Crippen LogP contribution in [0.15, 0.2) is 34.9 Å². The zero-order chi connectivity index (χ0) is 14.8. The number of carbonyl (C=O) groups is 1. The number of oxazole rings is 1. The van der Waals surface area contributed by atoms with Crippen molar-refractivity contribution in [3.8, 4) is 11.5 Å². The minimum Gasteiger partial charge on any atom is -0.481 e. The Balaban J connectivity index is 1.66. The van der Waals surface area contributed by atoms with E-state index in [9.17, 15) is 4.79 Å². The van der Waals surface area contributed by atoms with Crippen LogP contribution in [0.5, 0.6) is 0 Å². The van der Waals surface area contributed by atoms with Crippen LogP contribution in [0.1, 0.15) is 17.7 Å². The minimum atomic E-state index is -0.710. The Hall–Kier alpha value is -2.14. The van der Waals surface area contributed by atoms with Crippen molar-refractivity contribution in [1.82, 2.24) is 9.88 Å². The molecule has 3 rings (SSSR count). The van der Waals surface area contributed by atoms with Gasteiger partial charge in [-0.25, -0.2) is 4.98 Å². The van der Waals surface area contributed by atoms with E-state index >= 15 is 0 Å². The van der Waals surface area contributed by atoms with Gasteiger partial charge in [0.1, 0.15) is 6.26 Å². The summed E-state index contributed by atoms with van der Waals surface area (Å²) in [7, 11) is 0. The first kappa shape index (κ1) is 13.8. The van der Waals surface area contributed by atoms with Crippen molar-refractivity contribution in [1.29, 1.82) is 0 Å². The van der Waals surface area contributed by atoms with Gasteiger partial charge in [-0.1, -0.05) is 17.7 Å². The fourth-order valence-electron chi connectivity index (χ4n) is 2.62. The first-order chi connectivity index (χ1) is 10.1. The first-order valence-corrected chi connectivity index (χ1v) is 7.08. The summed E-state index contributed by atoms with van der Waals surface area (Å²) in [5.41, 5.74) is 3.00. The molecule has 0 radical (unpaired) electrons. The van der Waals surface area contributed by atoms with E-state index in [-0.39, 0.29) is 5.92 Å². The molecule has 21 heavy (non-hydrogen) atoms. The van der Waals surface area contributed by atoms with Crippen molar-refractivity contribution < 1.29 is 14.3 Å². The van der Waals surface area contributed by atoms with Gasteiger partial charge in [-0.05, 0) is 32.0 Å². The predicted molar refractivity (Wildman–Crippen MR) is 77.7 cm³/mol. The molecule has 5 heteroatoms. The van der Waals surface area contributed by atoms with Crippen LogP contribution in [-0.4, -0.2) is 34.0 Å². The Morgan fingerprint density at radius 1 is 1.43 bits per heavy atom. The molecule has 0 spiro atoms. The summed E-state index contributed by atoms with van der Waals surface area (Å²) in [6.07, 6.45) is 2.36. The fraction of sp³-hybridized carbons (Fsp3) is 0.375. The SMILES string of the molecule is Cc1ccc(-c2nc(CN3CC[C@@H](C(=O)O)C3)co2)cc1. The summed E-state index contributed by atoms with van der Waals surface area (Å²) in [6.45, 7) is 4.06. The molecule has 0 aliphatic carbocycles. The molecule has 1 atom stereocenters. The van der Waals surface area contributed by atoms with Gasteiger partial charge in [0.05, 0.1) is 11.6 Å². The third kappa shape index (κ3) is 3.13. The van der Waals surface area contributed by atoms with Gasteiger partial charge in [-0.2, -0.15) is 0 Å². The Morgan fingerprint density at radius 2 is 2.19 bits per heavy atom. The van der Waals surface area contributed by atoms with E-state index in [2.05, 4.69) is 9.88 Å². The van der Waals surface area contributed by atoms with Crippen molar-refractivity contribution in [2.24, 2.45) is 5.92 Å². The first-order valence-electron chi connectivity index (χ1n) is 7.08. The molecule has 1 saturated heterocycles. The van der Waals surface area contributed by atoms with Crippen LogP contribution in [0.2, 0.25) is 0 Å². The Labute approximate surface area is 123 Å². The van der Waals surface area contributed by atoms with E-state index in [0.717, 1.165) is 17.8 Å². The van der Waals surface area contributed by atoms with Crippen molar-refractivity contribution in [3.05, 3.63) is 41.8 Å². The molecule has 1 N–H and O–H groups in total. The van der Waals surface area contributed by atoms with Crippen LogP contribution < -0.4 is 0 Å². The van der Waals surface area contributed by atoms with E-state index in [1.165, 1.54) is 5.56 Å². The third-order valence-electron chi connectivity index (χ3n) is 3.86. The molecular weight excluding hydrogens is 268 g/mol.